The molecule has 3 heteroatoms. The van der Waals surface area contributed by atoms with E-state index in [1.54, 1.807) is 0 Å². The van der Waals surface area contributed by atoms with Crippen molar-refractivity contribution in [1.29, 1.82) is 0 Å². The number of thioether (sulfide) groups is 1. The van der Waals surface area contributed by atoms with Gasteiger partial charge in [0, 0.05) is 16.6 Å². The van der Waals surface area contributed by atoms with Gasteiger partial charge in [0.1, 0.15) is 5.82 Å². The fraction of sp³-hybridized carbons (Fsp3) is 0.294. The molecule has 1 N–H and O–H groups in total. The first-order valence-corrected chi connectivity index (χ1v) is 7.90. The SMILES string of the molecule is CCSc1ccccc1NC(C)Cc1ccc(F)cc1. The second-order valence-corrected chi connectivity index (χ2v) is 6.11. The maximum Gasteiger partial charge on any atom is 0.123 e. The van der Waals surface area contributed by atoms with Gasteiger partial charge in [-0.05, 0) is 48.9 Å². The minimum Gasteiger partial charge on any atom is -0.381 e. The Bertz CT molecular complexity index is 539. The number of anilines is 1. The Morgan fingerprint density at radius 3 is 2.50 bits per heavy atom. The Labute approximate surface area is 124 Å². The van der Waals surface area contributed by atoms with Gasteiger partial charge in [-0.15, -0.1) is 11.8 Å². The van der Waals surface area contributed by atoms with Crippen LogP contribution in [0.2, 0.25) is 0 Å². The lowest BCUT2D eigenvalue weighted by atomic mass is 10.1. The molecule has 20 heavy (non-hydrogen) atoms. The van der Waals surface area contributed by atoms with Gasteiger partial charge in [-0.25, -0.2) is 4.39 Å². The van der Waals surface area contributed by atoms with Crippen LogP contribution in [0.25, 0.3) is 0 Å². The van der Waals surface area contributed by atoms with Crippen LogP contribution in [-0.4, -0.2) is 11.8 Å². The summed E-state index contributed by atoms with van der Waals surface area (Å²) in [4.78, 5) is 1.28. The lowest BCUT2D eigenvalue weighted by Crippen LogP contribution is -2.18. The highest BCUT2D eigenvalue weighted by molar-refractivity contribution is 7.99. The third kappa shape index (κ3) is 4.27. The van der Waals surface area contributed by atoms with E-state index in [0.717, 1.165) is 17.7 Å². The summed E-state index contributed by atoms with van der Waals surface area (Å²) in [6, 6.07) is 15.4. The zero-order valence-electron chi connectivity index (χ0n) is 11.9. The van der Waals surface area contributed by atoms with Crippen molar-refractivity contribution < 1.29 is 4.39 Å². The van der Waals surface area contributed by atoms with E-state index in [1.807, 2.05) is 30.0 Å². The third-order valence-electron chi connectivity index (χ3n) is 3.04. The van der Waals surface area contributed by atoms with Gasteiger partial charge in [0.05, 0.1) is 0 Å². The summed E-state index contributed by atoms with van der Waals surface area (Å²) in [6.45, 7) is 4.31. The summed E-state index contributed by atoms with van der Waals surface area (Å²) >= 11 is 1.84. The van der Waals surface area contributed by atoms with E-state index in [4.69, 9.17) is 0 Å². The van der Waals surface area contributed by atoms with Crippen molar-refractivity contribution in [3.8, 4) is 0 Å². The molecule has 0 amide bonds. The molecule has 0 aromatic heterocycles. The van der Waals surface area contributed by atoms with E-state index in [2.05, 4.69) is 37.4 Å². The third-order valence-corrected chi connectivity index (χ3v) is 4.00. The number of hydrogen-bond acceptors (Lipinski definition) is 2. The summed E-state index contributed by atoms with van der Waals surface area (Å²) in [5.41, 5.74) is 2.32. The molecule has 106 valence electrons. The molecule has 0 radical (unpaired) electrons. The number of para-hydroxylation sites is 1. The lowest BCUT2D eigenvalue weighted by molar-refractivity contribution is 0.626. The van der Waals surface area contributed by atoms with Crippen LogP contribution in [-0.2, 0) is 6.42 Å². The van der Waals surface area contributed by atoms with Gasteiger partial charge in [0.2, 0.25) is 0 Å². The van der Waals surface area contributed by atoms with E-state index in [-0.39, 0.29) is 5.82 Å². The predicted octanol–water partition coefficient (Wildman–Crippen LogP) is 4.98. The van der Waals surface area contributed by atoms with Crippen molar-refractivity contribution >= 4 is 17.4 Å². The molecule has 0 bridgehead atoms. The molecule has 0 spiro atoms. The number of nitrogens with one attached hydrogen (secondary N) is 1. The highest BCUT2D eigenvalue weighted by atomic mass is 32.2. The summed E-state index contributed by atoms with van der Waals surface area (Å²) in [5.74, 6) is 0.879. The zero-order chi connectivity index (χ0) is 14.4. The molecule has 0 aliphatic heterocycles. The molecule has 1 nitrogen and oxygen atoms in total. The highest BCUT2D eigenvalue weighted by Crippen LogP contribution is 2.27. The molecule has 0 fully saturated rings. The van der Waals surface area contributed by atoms with Crippen LogP contribution in [0.5, 0.6) is 0 Å². The fourth-order valence-corrected chi connectivity index (χ4v) is 2.93. The smallest absolute Gasteiger partial charge is 0.123 e. The first kappa shape index (κ1) is 14.9. The van der Waals surface area contributed by atoms with Gasteiger partial charge in [-0.2, -0.15) is 0 Å². The summed E-state index contributed by atoms with van der Waals surface area (Å²) < 4.78 is 12.9. The van der Waals surface area contributed by atoms with E-state index >= 15 is 0 Å². The number of hydrogen-bond donors (Lipinski definition) is 1. The Kier molecular flexibility index (Phi) is 5.48. The van der Waals surface area contributed by atoms with Crippen molar-refractivity contribution in [3.63, 3.8) is 0 Å². The van der Waals surface area contributed by atoms with E-state index in [9.17, 15) is 4.39 Å². The first-order valence-electron chi connectivity index (χ1n) is 6.92. The molecule has 2 rings (SSSR count). The molecular weight excluding hydrogens is 269 g/mol. The van der Waals surface area contributed by atoms with Crippen LogP contribution in [0.3, 0.4) is 0 Å². The maximum absolute atomic E-state index is 12.9. The van der Waals surface area contributed by atoms with Crippen LogP contribution in [0, 0.1) is 5.82 Å². The van der Waals surface area contributed by atoms with Gasteiger partial charge in [0.25, 0.3) is 0 Å². The van der Waals surface area contributed by atoms with Crippen LogP contribution in [0.1, 0.15) is 19.4 Å². The summed E-state index contributed by atoms with van der Waals surface area (Å²) in [6.07, 6.45) is 0.880. The fourth-order valence-electron chi connectivity index (χ4n) is 2.16. The molecule has 1 unspecified atom stereocenters. The van der Waals surface area contributed by atoms with Crippen molar-refractivity contribution in [2.75, 3.05) is 11.1 Å². The maximum atomic E-state index is 12.9. The molecule has 0 heterocycles. The summed E-state index contributed by atoms with van der Waals surface area (Å²) in [5, 5.41) is 3.54. The second-order valence-electron chi connectivity index (χ2n) is 4.81. The van der Waals surface area contributed by atoms with Gasteiger partial charge in [-0.3, -0.25) is 0 Å². The second kappa shape index (κ2) is 7.34. The van der Waals surface area contributed by atoms with E-state index in [1.165, 1.54) is 22.7 Å². The van der Waals surface area contributed by atoms with E-state index in [0.29, 0.717) is 6.04 Å². The normalized spacial score (nSPS) is 12.2. The Morgan fingerprint density at radius 1 is 1.10 bits per heavy atom. The first-order chi connectivity index (χ1) is 9.69. The van der Waals surface area contributed by atoms with Crippen LogP contribution < -0.4 is 5.32 Å². The molecule has 0 saturated heterocycles. The molecule has 0 aliphatic carbocycles. The molecule has 0 saturated carbocycles. The van der Waals surface area contributed by atoms with Gasteiger partial charge >= 0.3 is 0 Å². The quantitative estimate of drug-likeness (QED) is 0.753. The zero-order valence-corrected chi connectivity index (χ0v) is 12.7. The Balaban J connectivity index is 2.00. The topological polar surface area (TPSA) is 12.0 Å². The monoisotopic (exact) mass is 289 g/mol. The Hall–Kier alpha value is -1.48. The van der Waals surface area contributed by atoms with Crippen molar-refractivity contribution in [3.05, 3.63) is 59.9 Å². The van der Waals surface area contributed by atoms with Crippen molar-refractivity contribution in [1.82, 2.24) is 0 Å². The van der Waals surface area contributed by atoms with Crippen molar-refractivity contribution in [2.45, 2.75) is 31.2 Å². The lowest BCUT2D eigenvalue weighted by Gasteiger charge is -2.18. The largest absolute Gasteiger partial charge is 0.381 e. The minimum absolute atomic E-state index is 0.181. The van der Waals surface area contributed by atoms with Gasteiger partial charge < -0.3 is 5.32 Å². The molecular formula is C17H20FNS. The predicted molar refractivity (Wildman–Crippen MR) is 86.0 cm³/mol. The number of benzene rings is 2. The van der Waals surface area contributed by atoms with Gasteiger partial charge in [-0.1, -0.05) is 31.2 Å². The minimum atomic E-state index is -0.181. The summed E-state index contributed by atoms with van der Waals surface area (Å²) in [7, 11) is 0. The van der Waals surface area contributed by atoms with Gasteiger partial charge in [0.15, 0.2) is 0 Å². The van der Waals surface area contributed by atoms with Crippen LogP contribution in [0.4, 0.5) is 10.1 Å². The van der Waals surface area contributed by atoms with Crippen LogP contribution >= 0.6 is 11.8 Å². The van der Waals surface area contributed by atoms with Crippen LogP contribution in [0.15, 0.2) is 53.4 Å². The van der Waals surface area contributed by atoms with E-state index < -0.39 is 0 Å². The number of halogens is 1. The highest BCUT2D eigenvalue weighted by Gasteiger charge is 2.07. The molecule has 0 aliphatic rings. The molecule has 2 aromatic carbocycles. The average molecular weight is 289 g/mol. The van der Waals surface area contributed by atoms with Crippen molar-refractivity contribution in [2.24, 2.45) is 0 Å². The Morgan fingerprint density at radius 2 is 1.80 bits per heavy atom. The number of rotatable bonds is 6. The average Bonchev–Trinajstić information content (AvgIpc) is 2.44. The molecule has 1 atom stereocenters. The standard InChI is InChI=1S/C17H20FNS/c1-3-20-17-7-5-4-6-16(17)19-13(2)12-14-8-10-15(18)11-9-14/h4-11,13,19H,3,12H2,1-2H3. The molecule has 2 aromatic rings.